The standard InChI is InChI=1S/C21H17F3N4O/c1-25-14-9-7-13(8-10-14)18-12-20(21(22,23)24,19(29)28-27-18)16-5-2-6-17-15(16)4-3-11-26-17/h2-11,25H,12H2,1H3,(H,28,29). The maximum atomic E-state index is 14.5. The monoisotopic (exact) mass is 398 g/mol. The van der Waals surface area contributed by atoms with Gasteiger partial charge in [0.1, 0.15) is 0 Å². The maximum Gasteiger partial charge on any atom is 0.407 e. The van der Waals surface area contributed by atoms with Gasteiger partial charge in [0.05, 0.1) is 11.2 Å². The topological polar surface area (TPSA) is 66.4 Å². The van der Waals surface area contributed by atoms with Gasteiger partial charge in [0, 0.05) is 30.7 Å². The molecule has 0 saturated heterocycles. The summed E-state index contributed by atoms with van der Waals surface area (Å²) >= 11 is 0. The smallest absolute Gasteiger partial charge is 0.388 e. The summed E-state index contributed by atoms with van der Waals surface area (Å²) in [6.45, 7) is 0. The minimum absolute atomic E-state index is 0.132. The van der Waals surface area contributed by atoms with Crippen LogP contribution >= 0.6 is 0 Å². The van der Waals surface area contributed by atoms with Crippen LogP contribution in [0, 0.1) is 0 Å². The summed E-state index contributed by atoms with van der Waals surface area (Å²) in [5.74, 6) is -1.20. The molecule has 4 rings (SSSR count). The largest absolute Gasteiger partial charge is 0.407 e. The van der Waals surface area contributed by atoms with Gasteiger partial charge in [-0.1, -0.05) is 30.3 Å². The summed E-state index contributed by atoms with van der Waals surface area (Å²) < 4.78 is 43.6. The number of amides is 1. The number of alkyl halides is 3. The molecule has 8 heteroatoms. The van der Waals surface area contributed by atoms with Crippen LogP contribution in [0.3, 0.4) is 0 Å². The second kappa shape index (κ2) is 6.88. The van der Waals surface area contributed by atoms with Crippen molar-refractivity contribution in [1.29, 1.82) is 0 Å². The third-order valence-corrected chi connectivity index (χ3v) is 5.21. The van der Waals surface area contributed by atoms with Crippen molar-refractivity contribution >= 4 is 28.2 Å². The minimum Gasteiger partial charge on any atom is -0.388 e. The van der Waals surface area contributed by atoms with Gasteiger partial charge >= 0.3 is 6.18 Å². The molecule has 148 valence electrons. The SMILES string of the molecule is CNc1ccc(C2=NNC(=O)C(c3cccc4ncccc34)(C(F)(F)F)C2)cc1. The fourth-order valence-corrected chi connectivity index (χ4v) is 3.66. The first kappa shape index (κ1) is 18.9. The molecule has 0 saturated carbocycles. The first-order chi connectivity index (χ1) is 13.9. The number of carbonyl (C=O) groups is 1. The number of hydrazone groups is 1. The van der Waals surface area contributed by atoms with E-state index in [4.69, 9.17) is 0 Å². The third-order valence-electron chi connectivity index (χ3n) is 5.21. The molecule has 0 spiro atoms. The molecule has 1 aliphatic heterocycles. The minimum atomic E-state index is -4.84. The molecule has 2 N–H and O–H groups in total. The quantitative estimate of drug-likeness (QED) is 0.701. The molecule has 1 aliphatic rings. The van der Waals surface area contributed by atoms with Gasteiger partial charge in [-0.15, -0.1) is 0 Å². The van der Waals surface area contributed by atoms with Gasteiger partial charge in [-0.25, -0.2) is 5.43 Å². The van der Waals surface area contributed by atoms with Crippen LogP contribution in [0.15, 0.2) is 65.9 Å². The fraction of sp³-hybridized carbons (Fsp3) is 0.190. The van der Waals surface area contributed by atoms with E-state index >= 15 is 0 Å². The van der Waals surface area contributed by atoms with Crippen molar-refractivity contribution in [2.45, 2.75) is 18.0 Å². The second-order valence-electron chi connectivity index (χ2n) is 6.78. The number of benzene rings is 2. The van der Waals surface area contributed by atoms with Crippen molar-refractivity contribution in [3.8, 4) is 0 Å². The highest BCUT2D eigenvalue weighted by molar-refractivity contribution is 6.09. The van der Waals surface area contributed by atoms with E-state index in [1.54, 1.807) is 49.5 Å². The summed E-state index contributed by atoms with van der Waals surface area (Å²) in [4.78, 5) is 16.9. The van der Waals surface area contributed by atoms with Crippen LogP contribution in [0.1, 0.15) is 17.5 Å². The van der Waals surface area contributed by atoms with Crippen LogP contribution in [0.5, 0.6) is 0 Å². The van der Waals surface area contributed by atoms with Crippen molar-refractivity contribution in [2.75, 3.05) is 12.4 Å². The third kappa shape index (κ3) is 3.00. The van der Waals surface area contributed by atoms with E-state index < -0.39 is 23.9 Å². The summed E-state index contributed by atoms with van der Waals surface area (Å²) in [5, 5.41) is 7.17. The fourth-order valence-electron chi connectivity index (χ4n) is 3.66. The molecule has 3 aromatic rings. The normalized spacial score (nSPS) is 19.6. The number of hydrogen-bond donors (Lipinski definition) is 2. The van der Waals surface area contributed by atoms with Crippen LogP contribution in [0.2, 0.25) is 0 Å². The Morgan fingerprint density at radius 1 is 1.07 bits per heavy atom. The Balaban J connectivity index is 1.90. The van der Waals surface area contributed by atoms with Crippen molar-refractivity contribution in [2.24, 2.45) is 5.10 Å². The molecule has 0 radical (unpaired) electrons. The van der Waals surface area contributed by atoms with Crippen LogP contribution in [-0.2, 0) is 10.2 Å². The van der Waals surface area contributed by atoms with E-state index in [0.717, 1.165) is 5.69 Å². The van der Waals surface area contributed by atoms with Gasteiger partial charge in [-0.05, 0) is 35.4 Å². The van der Waals surface area contributed by atoms with Gasteiger partial charge in [0.15, 0.2) is 5.41 Å². The Kier molecular flexibility index (Phi) is 4.49. The first-order valence-electron chi connectivity index (χ1n) is 8.93. The highest BCUT2D eigenvalue weighted by Gasteiger charge is 2.63. The zero-order chi connectivity index (χ0) is 20.6. The summed E-state index contributed by atoms with van der Waals surface area (Å²) in [5.41, 5.74) is 1.09. The summed E-state index contributed by atoms with van der Waals surface area (Å²) in [6, 6.07) is 14.4. The van der Waals surface area contributed by atoms with Crippen molar-refractivity contribution < 1.29 is 18.0 Å². The van der Waals surface area contributed by atoms with Gasteiger partial charge in [0.25, 0.3) is 5.91 Å². The predicted octanol–water partition coefficient (Wildman–Crippen LogP) is 4.00. The Morgan fingerprint density at radius 2 is 1.83 bits per heavy atom. The van der Waals surface area contributed by atoms with Crippen LogP contribution in [0.4, 0.5) is 18.9 Å². The van der Waals surface area contributed by atoms with Gasteiger partial charge in [0.2, 0.25) is 0 Å². The number of fused-ring (bicyclic) bond motifs is 1. The van der Waals surface area contributed by atoms with Crippen molar-refractivity contribution in [3.05, 3.63) is 71.9 Å². The molecule has 0 bridgehead atoms. The van der Waals surface area contributed by atoms with Crippen molar-refractivity contribution in [1.82, 2.24) is 10.4 Å². The van der Waals surface area contributed by atoms with Crippen molar-refractivity contribution in [3.63, 3.8) is 0 Å². The number of aromatic nitrogens is 1. The van der Waals surface area contributed by atoms with Gasteiger partial charge < -0.3 is 5.32 Å². The number of anilines is 1. The second-order valence-corrected chi connectivity index (χ2v) is 6.78. The Bertz CT molecular complexity index is 1100. The highest BCUT2D eigenvalue weighted by Crippen LogP contribution is 2.48. The molecular weight excluding hydrogens is 381 g/mol. The van der Waals surface area contributed by atoms with Crippen LogP contribution in [-0.4, -0.2) is 29.8 Å². The molecule has 5 nitrogen and oxygen atoms in total. The van der Waals surface area contributed by atoms with E-state index in [-0.39, 0.29) is 16.7 Å². The molecule has 0 aliphatic carbocycles. The predicted molar refractivity (Wildman–Crippen MR) is 105 cm³/mol. The number of hydrogen-bond acceptors (Lipinski definition) is 4. The number of carbonyl (C=O) groups excluding carboxylic acids is 1. The number of halogens is 3. The molecule has 1 aromatic heterocycles. The summed E-state index contributed by atoms with van der Waals surface area (Å²) in [6.07, 6.45) is -3.94. The molecule has 1 amide bonds. The van der Waals surface area contributed by atoms with E-state index in [2.05, 4.69) is 20.8 Å². The Morgan fingerprint density at radius 3 is 2.52 bits per heavy atom. The van der Waals surface area contributed by atoms with Crippen LogP contribution < -0.4 is 10.7 Å². The van der Waals surface area contributed by atoms with Crippen LogP contribution in [0.25, 0.3) is 10.9 Å². The first-order valence-corrected chi connectivity index (χ1v) is 8.93. The molecule has 2 aromatic carbocycles. The Hall–Kier alpha value is -3.42. The lowest BCUT2D eigenvalue weighted by molar-refractivity contribution is -0.194. The summed E-state index contributed by atoms with van der Waals surface area (Å²) in [7, 11) is 1.75. The average molecular weight is 398 g/mol. The van der Waals surface area contributed by atoms with E-state index in [1.165, 1.54) is 18.3 Å². The molecule has 0 fully saturated rings. The lowest BCUT2D eigenvalue weighted by atomic mass is 9.71. The lowest BCUT2D eigenvalue weighted by Gasteiger charge is -2.37. The molecule has 29 heavy (non-hydrogen) atoms. The Labute approximate surface area is 164 Å². The molecule has 1 atom stereocenters. The highest BCUT2D eigenvalue weighted by atomic mass is 19.4. The average Bonchev–Trinajstić information content (AvgIpc) is 2.73. The van der Waals surface area contributed by atoms with Gasteiger partial charge in [-0.2, -0.15) is 18.3 Å². The number of nitrogens with one attached hydrogen (secondary N) is 2. The number of nitrogens with zero attached hydrogens (tertiary/aromatic N) is 2. The van der Waals surface area contributed by atoms with E-state index in [0.29, 0.717) is 11.1 Å². The van der Waals surface area contributed by atoms with E-state index in [9.17, 15) is 18.0 Å². The number of rotatable bonds is 3. The van der Waals surface area contributed by atoms with Gasteiger partial charge in [-0.3, -0.25) is 9.78 Å². The number of pyridine rings is 1. The zero-order valence-electron chi connectivity index (χ0n) is 15.4. The van der Waals surface area contributed by atoms with E-state index in [1.807, 2.05) is 0 Å². The molecule has 2 heterocycles. The lowest BCUT2D eigenvalue weighted by Crippen LogP contribution is -2.57. The molecule has 1 unspecified atom stereocenters. The molecular formula is C21H17F3N4O. The zero-order valence-corrected chi connectivity index (χ0v) is 15.4. The maximum absolute atomic E-state index is 14.5.